The van der Waals surface area contributed by atoms with Crippen molar-refractivity contribution >= 4 is 8.07 Å². The van der Waals surface area contributed by atoms with Gasteiger partial charge >= 0.3 is 0 Å². The fraction of sp³-hybridized carbons (Fsp3) is 1.00. The second-order valence-electron chi connectivity index (χ2n) is 0.994. The second kappa shape index (κ2) is 2.58. The molecule has 0 saturated heterocycles. The number of hydrogen-bond acceptors (Lipinski definition) is 2. The molecular weight excluding hydrogens is 85.0 g/mol. The number of nitrogens with one attached hydrogen (secondary N) is 1. The highest BCUT2D eigenvalue weighted by atomic mass is 31.1. The fourth-order valence-corrected chi connectivity index (χ4v) is 0. The average molecular weight is 93.1 g/mol. The van der Waals surface area contributed by atoms with Gasteiger partial charge in [-0.25, -0.2) is 0 Å². The van der Waals surface area contributed by atoms with Gasteiger partial charge in [0.15, 0.2) is 0 Å². The van der Waals surface area contributed by atoms with Gasteiger partial charge in [0.1, 0.15) is 0 Å². The monoisotopic (exact) mass is 93.0 g/mol. The zero-order chi connectivity index (χ0) is 4.28. The van der Waals surface area contributed by atoms with Crippen molar-refractivity contribution in [3.63, 3.8) is 0 Å². The van der Waals surface area contributed by atoms with Crippen LogP contribution in [0.15, 0.2) is 0 Å². The number of rotatable bonds is 1. The zero-order valence-corrected chi connectivity index (χ0v) is 4.29. The van der Waals surface area contributed by atoms with Gasteiger partial charge in [0, 0.05) is 0 Å². The highest BCUT2D eigenvalue weighted by Crippen LogP contribution is 2.13. The first-order chi connectivity index (χ1) is 2.27. The highest BCUT2D eigenvalue weighted by molar-refractivity contribution is 7.53. The number of hydrogen-bond donors (Lipinski definition) is 2. The van der Waals surface area contributed by atoms with Gasteiger partial charge in [0.05, 0.1) is 0 Å². The fourth-order valence-electron chi connectivity index (χ4n) is 0. The molecule has 2 nitrogen and oxygen atoms in total. The maximum absolute atomic E-state index is 7.92. The molecule has 0 rings (SSSR count). The summed E-state index contributed by atoms with van der Waals surface area (Å²) in [6, 6.07) is 0. The summed E-state index contributed by atoms with van der Waals surface area (Å²) < 4.78 is 0. The van der Waals surface area contributed by atoms with E-state index in [2.05, 4.69) is 5.25 Å². The summed E-state index contributed by atoms with van der Waals surface area (Å²) in [7, 11) is -0.293. The molecule has 2 N–H and O–H groups in total. The lowest BCUT2D eigenvalue weighted by Crippen LogP contribution is -1.93. The van der Waals surface area contributed by atoms with E-state index in [-0.39, 0.29) is 8.07 Å². The summed E-state index contributed by atoms with van der Waals surface area (Å²) in [4.78, 5) is 0. The predicted molar refractivity (Wildman–Crippen MR) is 23.7 cm³/mol. The van der Waals surface area contributed by atoms with Gasteiger partial charge < -0.3 is 5.21 Å². The minimum Gasteiger partial charge on any atom is -0.313 e. The van der Waals surface area contributed by atoms with Crippen molar-refractivity contribution in [2.24, 2.45) is 0 Å². The Morgan fingerprint density at radius 1 is 1.60 bits per heavy atom. The molecule has 32 valence electrons. The average Bonchev–Trinajstić information content (AvgIpc) is 1.38. The van der Waals surface area contributed by atoms with Crippen molar-refractivity contribution in [1.29, 1.82) is 0 Å². The van der Waals surface area contributed by atoms with Crippen LogP contribution in [0.25, 0.3) is 0 Å². The van der Waals surface area contributed by atoms with Gasteiger partial charge in [0.2, 0.25) is 0 Å². The van der Waals surface area contributed by atoms with Gasteiger partial charge in [-0.05, 0) is 21.4 Å². The second-order valence-corrected chi connectivity index (χ2v) is 2.98. The Labute approximate surface area is 33.0 Å². The summed E-state index contributed by atoms with van der Waals surface area (Å²) in [6.07, 6.45) is 0. The van der Waals surface area contributed by atoms with E-state index < -0.39 is 0 Å². The van der Waals surface area contributed by atoms with Crippen LogP contribution < -0.4 is 5.25 Å². The van der Waals surface area contributed by atoms with Crippen molar-refractivity contribution in [2.45, 2.75) is 0 Å². The van der Waals surface area contributed by atoms with Crippen molar-refractivity contribution < 1.29 is 5.21 Å². The minimum absolute atomic E-state index is 0.293. The summed E-state index contributed by atoms with van der Waals surface area (Å²) in [5.41, 5.74) is 0. The van der Waals surface area contributed by atoms with Crippen LogP contribution in [0.3, 0.4) is 0 Å². The van der Waals surface area contributed by atoms with Gasteiger partial charge in [0.25, 0.3) is 0 Å². The first-order valence-electron chi connectivity index (χ1n) is 1.34. The van der Waals surface area contributed by atoms with E-state index >= 15 is 0 Å². The van der Waals surface area contributed by atoms with Crippen molar-refractivity contribution in [2.75, 3.05) is 13.3 Å². The standard InChI is InChI=1S/C2H8NOP/c1-5(2)3-4/h3-4H,1-2H3. The lowest BCUT2D eigenvalue weighted by Gasteiger charge is -1.94. The summed E-state index contributed by atoms with van der Waals surface area (Å²) in [5, 5.41) is 10.0. The van der Waals surface area contributed by atoms with Crippen LogP contribution in [-0.2, 0) is 0 Å². The molecule has 0 radical (unpaired) electrons. The first kappa shape index (κ1) is 5.35. The Morgan fingerprint density at radius 2 is 1.80 bits per heavy atom. The first-order valence-corrected chi connectivity index (χ1v) is 3.58. The molecule has 0 fully saturated rings. The smallest absolute Gasteiger partial charge is 0.0165 e. The third-order valence-electron chi connectivity index (χ3n) is 0.200. The molecule has 0 aromatic carbocycles. The molecule has 0 saturated carbocycles. The maximum Gasteiger partial charge on any atom is -0.0165 e. The van der Waals surface area contributed by atoms with Crippen LogP contribution in [0.2, 0.25) is 0 Å². The van der Waals surface area contributed by atoms with E-state index in [4.69, 9.17) is 5.21 Å². The van der Waals surface area contributed by atoms with Gasteiger partial charge in [-0.15, -0.1) is 0 Å². The molecule has 0 unspecified atom stereocenters. The Morgan fingerprint density at radius 3 is 1.80 bits per heavy atom. The lowest BCUT2D eigenvalue weighted by atomic mass is 11.9. The van der Waals surface area contributed by atoms with E-state index in [0.717, 1.165) is 0 Å². The highest BCUT2D eigenvalue weighted by Gasteiger charge is 1.77. The molecule has 0 atom stereocenters. The van der Waals surface area contributed by atoms with Crippen molar-refractivity contribution in [3.05, 3.63) is 0 Å². The molecule has 0 aromatic heterocycles. The van der Waals surface area contributed by atoms with Crippen molar-refractivity contribution in [3.8, 4) is 0 Å². The molecule has 0 amide bonds. The Kier molecular flexibility index (Phi) is 2.76. The third kappa shape index (κ3) is 4.35. The normalized spacial score (nSPS) is 9.60. The quantitative estimate of drug-likeness (QED) is 0.368. The molecule has 0 aliphatic rings. The van der Waals surface area contributed by atoms with Crippen LogP contribution in [0.4, 0.5) is 0 Å². The van der Waals surface area contributed by atoms with Crippen molar-refractivity contribution in [1.82, 2.24) is 5.25 Å². The summed E-state index contributed by atoms with van der Waals surface area (Å²) in [5.74, 6) is 0. The molecule has 0 spiro atoms. The molecule has 3 heteroatoms. The molecular formula is C2H8NOP. The lowest BCUT2D eigenvalue weighted by molar-refractivity contribution is 0.253. The van der Waals surface area contributed by atoms with Crippen LogP contribution in [0, 0.1) is 0 Å². The predicted octanol–water partition coefficient (Wildman–Crippen LogP) is 0.622. The molecule has 0 heterocycles. The SMILES string of the molecule is CP(C)NO. The van der Waals surface area contributed by atoms with Gasteiger partial charge in [-0.2, -0.15) is 5.25 Å². The summed E-state index contributed by atoms with van der Waals surface area (Å²) in [6.45, 7) is 3.85. The van der Waals surface area contributed by atoms with Gasteiger partial charge in [-0.1, -0.05) is 0 Å². The minimum atomic E-state index is -0.293. The molecule has 0 bridgehead atoms. The van der Waals surface area contributed by atoms with Crippen LogP contribution >= 0.6 is 8.07 Å². The van der Waals surface area contributed by atoms with Gasteiger partial charge in [-0.3, -0.25) is 0 Å². The Balaban J connectivity index is 2.54. The Bertz CT molecular complexity index is 23.6. The van der Waals surface area contributed by atoms with Crippen LogP contribution in [-0.4, -0.2) is 18.5 Å². The molecule has 0 aliphatic carbocycles. The Hall–Kier alpha value is 0.350. The molecule has 5 heavy (non-hydrogen) atoms. The van der Waals surface area contributed by atoms with E-state index in [1.165, 1.54) is 0 Å². The zero-order valence-electron chi connectivity index (χ0n) is 3.39. The summed E-state index contributed by atoms with van der Waals surface area (Å²) >= 11 is 0. The van der Waals surface area contributed by atoms with E-state index in [9.17, 15) is 0 Å². The van der Waals surface area contributed by atoms with E-state index in [1.807, 2.05) is 13.3 Å². The van der Waals surface area contributed by atoms with E-state index in [1.54, 1.807) is 0 Å². The van der Waals surface area contributed by atoms with E-state index in [0.29, 0.717) is 0 Å². The topological polar surface area (TPSA) is 32.3 Å². The molecule has 0 aromatic rings. The maximum atomic E-state index is 7.92. The largest absolute Gasteiger partial charge is 0.313 e. The molecule has 0 aliphatic heterocycles. The van der Waals surface area contributed by atoms with Crippen LogP contribution in [0.1, 0.15) is 0 Å². The third-order valence-corrected chi connectivity index (χ3v) is 0.600. The van der Waals surface area contributed by atoms with Crippen LogP contribution in [0.5, 0.6) is 0 Å².